The molecule has 1 rings (SSSR count). The Morgan fingerprint density at radius 2 is 1.79 bits per heavy atom. The second-order valence-corrected chi connectivity index (χ2v) is 5.04. The molecule has 2 nitrogen and oxygen atoms in total. The van der Waals surface area contributed by atoms with Crippen LogP contribution in [0, 0.1) is 11.8 Å². The van der Waals surface area contributed by atoms with Gasteiger partial charge >= 0.3 is 0 Å². The molecule has 84 valence electrons. The molecule has 0 heterocycles. The van der Waals surface area contributed by atoms with Gasteiger partial charge in [-0.2, -0.15) is 0 Å². The molecule has 1 fully saturated rings. The van der Waals surface area contributed by atoms with Crippen molar-refractivity contribution in [1.82, 2.24) is 5.32 Å². The van der Waals surface area contributed by atoms with Crippen molar-refractivity contribution >= 4 is 0 Å². The van der Waals surface area contributed by atoms with E-state index in [0.29, 0.717) is 12.1 Å². The zero-order valence-electron chi connectivity index (χ0n) is 10.0. The first-order chi connectivity index (χ1) is 6.59. The molecule has 0 radical (unpaired) electrons. The molecule has 1 aliphatic rings. The quantitative estimate of drug-likeness (QED) is 0.709. The number of ether oxygens (including phenoxy) is 1. The van der Waals surface area contributed by atoms with Gasteiger partial charge < -0.3 is 10.1 Å². The smallest absolute Gasteiger partial charge is 0.0519 e. The van der Waals surface area contributed by atoms with Gasteiger partial charge in [-0.05, 0) is 45.1 Å². The zero-order valence-corrected chi connectivity index (χ0v) is 10.0. The van der Waals surface area contributed by atoms with Gasteiger partial charge in [0.2, 0.25) is 0 Å². The minimum atomic E-state index is 0.384. The summed E-state index contributed by atoms with van der Waals surface area (Å²) < 4.78 is 5.66. The summed E-state index contributed by atoms with van der Waals surface area (Å²) in [5, 5.41) is 3.51. The molecule has 0 aromatic heterocycles. The fourth-order valence-electron chi connectivity index (χ4n) is 1.83. The number of rotatable bonds is 6. The highest BCUT2D eigenvalue weighted by molar-refractivity contribution is 4.82. The van der Waals surface area contributed by atoms with Gasteiger partial charge in [0, 0.05) is 6.04 Å². The van der Waals surface area contributed by atoms with Crippen molar-refractivity contribution in [3.63, 3.8) is 0 Å². The maximum atomic E-state index is 5.66. The molecular weight excluding hydrogens is 174 g/mol. The highest BCUT2D eigenvalue weighted by atomic mass is 16.5. The lowest BCUT2D eigenvalue weighted by atomic mass is 9.74. The summed E-state index contributed by atoms with van der Waals surface area (Å²) in [7, 11) is 0. The van der Waals surface area contributed by atoms with Crippen molar-refractivity contribution in [2.24, 2.45) is 11.8 Å². The standard InChI is InChI=1S/C12H25NO/c1-9(2)13-7-11-5-6-12(11)8-14-10(3)4/h9-13H,5-8H2,1-4H3. The molecule has 0 spiro atoms. The van der Waals surface area contributed by atoms with Crippen LogP contribution in [0.2, 0.25) is 0 Å². The van der Waals surface area contributed by atoms with Gasteiger partial charge in [0.1, 0.15) is 0 Å². The topological polar surface area (TPSA) is 21.3 Å². The van der Waals surface area contributed by atoms with Crippen LogP contribution in [0.3, 0.4) is 0 Å². The first-order valence-electron chi connectivity index (χ1n) is 5.94. The van der Waals surface area contributed by atoms with E-state index in [0.717, 1.165) is 18.4 Å². The fraction of sp³-hybridized carbons (Fsp3) is 1.00. The molecule has 0 aliphatic heterocycles. The molecule has 14 heavy (non-hydrogen) atoms. The summed E-state index contributed by atoms with van der Waals surface area (Å²) in [6.07, 6.45) is 3.12. The van der Waals surface area contributed by atoms with Crippen LogP contribution in [0.5, 0.6) is 0 Å². The Balaban J connectivity index is 2.09. The van der Waals surface area contributed by atoms with Crippen molar-refractivity contribution in [1.29, 1.82) is 0 Å². The molecule has 1 N–H and O–H groups in total. The Labute approximate surface area is 88.4 Å². The van der Waals surface area contributed by atoms with E-state index in [2.05, 4.69) is 33.0 Å². The highest BCUT2D eigenvalue weighted by Crippen LogP contribution is 2.34. The predicted octanol–water partition coefficient (Wildman–Crippen LogP) is 2.44. The van der Waals surface area contributed by atoms with Gasteiger partial charge in [-0.1, -0.05) is 13.8 Å². The first kappa shape index (κ1) is 12.0. The average Bonchev–Trinajstić information content (AvgIpc) is 2.01. The lowest BCUT2D eigenvalue weighted by molar-refractivity contribution is 0.000976. The molecule has 1 aliphatic carbocycles. The van der Waals surface area contributed by atoms with Gasteiger partial charge in [0.15, 0.2) is 0 Å². The summed E-state index contributed by atoms with van der Waals surface area (Å²) >= 11 is 0. The molecule has 2 atom stereocenters. The van der Waals surface area contributed by atoms with Crippen LogP contribution < -0.4 is 5.32 Å². The van der Waals surface area contributed by atoms with E-state index < -0.39 is 0 Å². The van der Waals surface area contributed by atoms with E-state index in [9.17, 15) is 0 Å². The summed E-state index contributed by atoms with van der Waals surface area (Å²) in [6.45, 7) is 10.8. The maximum Gasteiger partial charge on any atom is 0.0519 e. The molecule has 0 bridgehead atoms. The van der Waals surface area contributed by atoms with Crippen LogP contribution >= 0.6 is 0 Å². The molecule has 2 heteroatoms. The second-order valence-electron chi connectivity index (χ2n) is 5.04. The van der Waals surface area contributed by atoms with Gasteiger partial charge in [-0.3, -0.25) is 0 Å². The van der Waals surface area contributed by atoms with Gasteiger partial charge in [-0.25, -0.2) is 0 Å². The van der Waals surface area contributed by atoms with E-state index in [1.165, 1.54) is 19.4 Å². The molecule has 0 aromatic carbocycles. The van der Waals surface area contributed by atoms with Crippen molar-refractivity contribution < 1.29 is 4.74 Å². The lowest BCUT2D eigenvalue weighted by Crippen LogP contribution is -2.40. The van der Waals surface area contributed by atoms with Crippen LogP contribution in [0.15, 0.2) is 0 Å². The molecule has 0 aromatic rings. The van der Waals surface area contributed by atoms with Crippen LogP contribution in [-0.2, 0) is 4.74 Å². The van der Waals surface area contributed by atoms with E-state index in [-0.39, 0.29) is 0 Å². The Hall–Kier alpha value is -0.0800. The van der Waals surface area contributed by atoms with Crippen molar-refractivity contribution in [3.05, 3.63) is 0 Å². The van der Waals surface area contributed by atoms with Crippen molar-refractivity contribution in [2.45, 2.75) is 52.7 Å². The Bertz CT molecular complexity index is 138. The first-order valence-corrected chi connectivity index (χ1v) is 5.94. The average molecular weight is 199 g/mol. The van der Waals surface area contributed by atoms with E-state index in [1.807, 2.05) is 0 Å². The van der Waals surface area contributed by atoms with Crippen molar-refractivity contribution in [2.75, 3.05) is 13.2 Å². The number of hydrogen-bond acceptors (Lipinski definition) is 2. The van der Waals surface area contributed by atoms with Crippen LogP contribution in [0.4, 0.5) is 0 Å². The molecular formula is C12H25NO. The number of nitrogens with one attached hydrogen (secondary N) is 1. The third-order valence-electron chi connectivity index (χ3n) is 3.01. The Kier molecular flexibility index (Phi) is 4.90. The molecule has 0 amide bonds. The highest BCUT2D eigenvalue weighted by Gasteiger charge is 2.30. The molecule has 1 saturated carbocycles. The third-order valence-corrected chi connectivity index (χ3v) is 3.01. The summed E-state index contributed by atoms with van der Waals surface area (Å²) in [4.78, 5) is 0. The normalized spacial score (nSPS) is 27.0. The Morgan fingerprint density at radius 1 is 1.14 bits per heavy atom. The van der Waals surface area contributed by atoms with Gasteiger partial charge in [0.25, 0.3) is 0 Å². The minimum Gasteiger partial charge on any atom is -0.378 e. The monoisotopic (exact) mass is 199 g/mol. The molecule has 0 saturated heterocycles. The zero-order chi connectivity index (χ0) is 10.6. The lowest BCUT2D eigenvalue weighted by Gasteiger charge is -2.37. The van der Waals surface area contributed by atoms with Crippen LogP contribution in [0.1, 0.15) is 40.5 Å². The second kappa shape index (κ2) is 5.72. The fourth-order valence-corrected chi connectivity index (χ4v) is 1.83. The predicted molar refractivity (Wildman–Crippen MR) is 60.4 cm³/mol. The van der Waals surface area contributed by atoms with E-state index in [1.54, 1.807) is 0 Å². The van der Waals surface area contributed by atoms with Crippen LogP contribution in [0.25, 0.3) is 0 Å². The summed E-state index contributed by atoms with van der Waals surface area (Å²) in [6, 6.07) is 0.613. The van der Waals surface area contributed by atoms with Crippen LogP contribution in [-0.4, -0.2) is 25.3 Å². The maximum absolute atomic E-state index is 5.66. The van der Waals surface area contributed by atoms with E-state index in [4.69, 9.17) is 4.74 Å². The molecule has 2 unspecified atom stereocenters. The van der Waals surface area contributed by atoms with E-state index >= 15 is 0 Å². The SMILES string of the molecule is CC(C)NCC1CCC1COC(C)C. The van der Waals surface area contributed by atoms with Gasteiger partial charge in [0.05, 0.1) is 12.7 Å². The summed E-state index contributed by atoms with van der Waals surface area (Å²) in [5.41, 5.74) is 0. The largest absolute Gasteiger partial charge is 0.378 e. The van der Waals surface area contributed by atoms with Crippen molar-refractivity contribution in [3.8, 4) is 0 Å². The minimum absolute atomic E-state index is 0.384. The Morgan fingerprint density at radius 3 is 2.21 bits per heavy atom. The van der Waals surface area contributed by atoms with Gasteiger partial charge in [-0.15, -0.1) is 0 Å². The summed E-state index contributed by atoms with van der Waals surface area (Å²) in [5.74, 6) is 1.67. The third kappa shape index (κ3) is 3.97. The number of hydrogen-bond donors (Lipinski definition) is 1.